The lowest BCUT2D eigenvalue weighted by atomic mass is 9.90. The van der Waals surface area contributed by atoms with Crippen molar-refractivity contribution in [2.45, 2.75) is 168 Å². The molecule has 0 heterocycles. The molecular weight excluding hydrogens is 536 g/mol. The summed E-state index contributed by atoms with van der Waals surface area (Å²) in [4.78, 5) is 69.5. The van der Waals surface area contributed by atoms with Crippen LogP contribution in [0.15, 0.2) is 0 Å². The van der Waals surface area contributed by atoms with Gasteiger partial charge in [-0.25, -0.2) is 0 Å². The molecule has 0 radical (unpaired) electrons. The largest absolute Gasteiger partial charge is 0.481 e. The fourth-order valence-electron chi connectivity index (χ4n) is 5.26. The van der Waals surface area contributed by atoms with Gasteiger partial charge in [-0.05, 0) is 39.5 Å². The Morgan fingerprint density at radius 3 is 1.02 bits per heavy atom. The zero-order chi connectivity index (χ0) is 31.6. The van der Waals surface area contributed by atoms with Crippen molar-refractivity contribution >= 4 is 35.1 Å². The molecule has 0 saturated heterocycles. The van der Waals surface area contributed by atoms with E-state index in [1.165, 1.54) is 77.6 Å². The fraction of sp³-hybridized carbons (Fsp3) is 0.824. The lowest BCUT2D eigenvalue weighted by Crippen LogP contribution is -2.22. The van der Waals surface area contributed by atoms with Crippen LogP contribution in [0.2, 0.25) is 0 Å². The maximum atomic E-state index is 12.3. The van der Waals surface area contributed by atoms with Crippen LogP contribution in [0, 0.1) is 11.8 Å². The molecule has 0 amide bonds. The van der Waals surface area contributed by atoms with Crippen LogP contribution < -0.4 is 0 Å². The molecule has 0 aromatic rings. The zero-order valence-electron chi connectivity index (χ0n) is 26.5. The van der Waals surface area contributed by atoms with Crippen molar-refractivity contribution in [3.05, 3.63) is 0 Å². The second-order valence-corrected chi connectivity index (χ2v) is 12.2. The highest BCUT2D eigenvalue weighted by molar-refractivity contribution is 5.86. The van der Waals surface area contributed by atoms with Crippen LogP contribution in [0.25, 0.3) is 0 Å². The average molecular weight is 595 g/mol. The summed E-state index contributed by atoms with van der Waals surface area (Å²) in [6, 6.07) is 0. The number of hydrogen-bond donors (Lipinski definition) is 2. The second-order valence-electron chi connectivity index (χ2n) is 12.2. The van der Waals surface area contributed by atoms with Gasteiger partial charge in [0.15, 0.2) is 0 Å². The van der Waals surface area contributed by atoms with Crippen molar-refractivity contribution in [2.24, 2.45) is 11.8 Å². The van der Waals surface area contributed by atoms with Gasteiger partial charge in [-0.2, -0.15) is 0 Å². The first-order valence-electron chi connectivity index (χ1n) is 16.5. The van der Waals surface area contributed by atoms with Gasteiger partial charge < -0.3 is 19.8 Å². The zero-order valence-corrected chi connectivity index (χ0v) is 26.5. The van der Waals surface area contributed by atoms with Gasteiger partial charge in [-0.15, -0.1) is 0 Å². The van der Waals surface area contributed by atoms with E-state index in [9.17, 15) is 39.0 Å². The Morgan fingerprint density at radius 2 is 0.690 bits per heavy atom. The predicted molar refractivity (Wildman–Crippen MR) is 164 cm³/mol. The predicted octanol–water partition coefficient (Wildman–Crippen LogP) is 8.07. The lowest BCUT2D eigenvalue weighted by molar-refractivity contribution is -0.145. The molecule has 8 heteroatoms. The van der Waals surface area contributed by atoms with Crippen LogP contribution in [0.5, 0.6) is 0 Å². The number of carboxylic acids is 2. The minimum Gasteiger partial charge on any atom is -0.481 e. The number of carbonyl (C=O) groups is 6. The van der Waals surface area contributed by atoms with Crippen molar-refractivity contribution in [3.8, 4) is 0 Å². The third-order valence-corrected chi connectivity index (χ3v) is 8.00. The van der Waals surface area contributed by atoms with Crippen LogP contribution in [0.1, 0.15) is 168 Å². The number of carbonyl (C=O) groups excluding carboxylic acids is 4. The topological polar surface area (TPSA) is 143 Å². The summed E-state index contributed by atoms with van der Waals surface area (Å²) in [6.45, 7) is 3.03. The highest BCUT2D eigenvalue weighted by Crippen LogP contribution is 2.20. The number of Topliss-reactive ketones (excluding diaryl/α,β-unsaturated/α-hetero) is 4. The minimum absolute atomic E-state index is 0.0160. The molecule has 0 fully saturated rings. The molecular formula is C34H58O8. The number of carboxylic acid groups (broad SMARTS) is 2. The lowest BCUT2D eigenvalue weighted by Gasteiger charge is -2.13. The monoisotopic (exact) mass is 594 g/mol. The molecule has 0 aliphatic heterocycles. The molecule has 42 heavy (non-hydrogen) atoms. The number of rotatable bonds is 31. The average Bonchev–Trinajstić information content (AvgIpc) is 2.91. The third-order valence-electron chi connectivity index (χ3n) is 8.00. The highest BCUT2D eigenvalue weighted by atomic mass is 16.4. The van der Waals surface area contributed by atoms with Crippen molar-refractivity contribution in [1.82, 2.24) is 0 Å². The van der Waals surface area contributed by atoms with E-state index in [1.54, 1.807) is 6.92 Å². The normalized spacial score (nSPS) is 12.5. The van der Waals surface area contributed by atoms with Gasteiger partial charge in [0.1, 0.15) is 23.1 Å². The van der Waals surface area contributed by atoms with Crippen molar-refractivity contribution in [3.63, 3.8) is 0 Å². The van der Waals surface area contributed by atoms with Crippen LogP contribution >= 0.6 is 0 Å². The first-order chi connectivity index (χ1) is 20.0. The Kier molecular flexibility index (Phi) is 24.8. The molecule has 0 rings (SSSR count). The summed E-state index contributed by atoms with van der Waals surface area (Å²) < 4.78 is 0. The van der Waals surface area contributed by atoms with Gasteiger partial charge in [0.05, 0.1) is 11.8 Å². The van der Waals surface area contributed by atoms with E-state index in [2.05, 4.69) is 0 Å². The van der Waals surface area contributed by atoms with Gasteiger partial charge in [0.25, 0.3) is 0 Å². The number of ketones is 4. The number of hydrogen-bond acceptors (Lipinski definition) is 6. The molecule has 0 aliphatic rings. The molecule has 0 aromatic heterocycles. The van der Waals surface area contributed by atoms with Crippen LogP contribution in [-0.4, -0.2) is 45.3 Å². The molecule has 2 N–H and O–H groups in total. The first kappa shape index (κ1) is 39.6. The van der Waals surface area contributed by atoms with Gasteiger partial charge in [-0.1, -0.05) is 89.9 Å². The summed E-state index contributed by atoms with van der Waals surface area (Å²) >= 11 is 0. The van der Waals surface area contributed by atoms with E-state index in [0.717, 1.165) is 38.5 Å². The van der Waals surface area contributed by atoms with Crippen molar-refractivity contribution < 1.29 is 39.0 Å². The molecule has 2 atom stereocenters. The third kappa shape index (κ3) is 25.3. The summed E-state index contributed by atoms with van der Waals surface area (Å²) in [5, 5.41) is 18.7. The van der Waals surface area contributed by atoms with E-state index in [1.807, 2.05) is 0 Å². The van der Waals surface area contributed by atoms with Gasteiger partial charge in [0, 0.05) is 38.5 Å². The molecule has 0 aliphatic carbocycles. The van der Waals surface area contributed by atoms with E-state index in [0.29, 0.717) is 12.2 Å². The molecule has 0 saturated carbocycles. The smallest absolute Gasteiger partial charge is 0.306 e. The van der Waals surface area contributed by atoms with Crippen molar-refractivity contribution in [1.29, 1.82) is 0 Å². The fourth-order valence-corrected chi connectivity index (χ4v) is 5.26. The summed E-state index contributed by atoms with van der Waals surface area (Å²) in [5.74, 6) is -4.44. The van der Waals surface area contributed by atoms with E-state index < -0.39 is 23.8 Å². The van der Waals surface area contributed by atoms with Gasteiger partial charge in [-0.3, -0.25) is 19.2 Å². The molecule has 0 bridgehead atoms. The SMILES string of the molecule is CC(=O)CCCCCCCCCCCCCCCCCCC(=O)C[C@@H](CCC(=O)C[C@@H](CCC(C)=O)C(=O)O)C(=O)O. The maximum absolute atomic E-state index is 12.3. The molecule has 0 aromatic carbocycles. The highest BCUT2D eigenvalue weighted by Gasteiger charge is 2.25. The van der Waals surface area contributed by atoms with Gasteiger partial charge >= 0.3 is 11.9 Å². The van der Waals surface area contributed by atoms with Crippen LogP contribution in [0.4, 0.5) is 0 Å². The second kappa shape index (κ2) is 26.3. The minimum atomic E-state index is -1.14. The van der Waals surface area contributed by atoms with E-state index in [4.69, 9.17) is 0 Å². The van der Waals surface area contributed by atoms with Crippen LogP contribution in [-0.2, 0) is 28.8 Å². The summed E-state index contributed by atoms with van der Waals surface area (Å²) in [7, 11) is 0. The molecule has 8 nitrogen and oxygen atoms in total. The van der Waals surface area contributed by atoms with Crippen molar-refractivity contribution in [2.75, 3.05) is 0 Å². The Balaban J connectivity index is 3.80. The Hall–Kier alpha value is -2.38. The quantitative estimate of drug-likeness (QED) is 0.0767. The first-order valence-corrected chi connectivity index (χ1v) is 16.5. The van der Waals surface area contributed by atoms with Gasteiger partial charge in [0.2, 0.25) is 0 Å². The molecule has 0 unspecified atom stereocenters. The molecule has 242 valence electrons. The maximum Gasteiger partial charge on any atom is 0.306 e. The Bertz CT molecular complexity index is 803. The van der Waals surface area contributed by atoms with E-state index in [-0.39, 0.29) is 55.9 Å². The summed E-state index contributed by atoms with van der Waals surface area (Å²) in [5.41, 5.74) is 0. The standard InChI is InChI=1S/C34H58O8/c1-27(35)19-17-15-13-11-9-7-5-3-4-6-8-10-12-14-16-18-20-31(37)25-30(34(41)42)23-24-32(38)26-29(33(39)40)22-21-28(2)36/h29-30H,3-26H2,1-2H3,(H,39,40)(H,41,42)/t29-,30-/m1/s1. The van der Waals surface area contributed by atoms with Crippen LogP contribution in [0.3, 0.4) is 0 Å². The summed E-state index contributed by atoms with van der Waals surface area (Å²) in [6.07, 6.45) is 19.8. The Labute approximate surface area is 253 Å². The number of aliphatic carboxylic acids is 2. The Morgan fingerprint density at radius 1 is 0.405 bits per heavy atom. The molecule has 0 spiro atoms. The number of unbranched alkanes of at least 4 members (excludes halogenated alkanes) is 15. The van der Waals surface area contributed by atoms with E-state index >= 15 is 0 Å².